The van der Waals surface area contributed by atoms with Gasteiger partial charge in [0.25, 0.3) is 0 Å². The highest BCUT2D eigenvalue weighted by Gasteiger charge is 2.59. The van der Waals surface area contributed by atoms with E-state index in [-0.39, 0.29) is 17.0 Å². The van der Waals surface area contributed by atoms with E-state index in [0.717, 1.165) is 21.8 Å². The fraction of sp³-hybridized carbons (Fsp3) is 0.333. The number of rotatable bonds is 4. The molecule has 0 radical (unpaired) electrons. The lowest BCUT2D eigenvalue weighted by atomic mass is 9.71. The quantitative estimate of drug-likeness (QED) is 0.720. The summed E-state index contributed by atoms with van der Waals surface area (Å²) in [5.41, 5.74) is -0.347. The molecule has 146 valence electrons. The zero-order valence-corrected chi connectivity index (χ0v) is 16.4. The number of imide groups is 1. The molecule has 8 nitrogen and oxygen atoms in total. The first kappa shape index (κ1) is 18.8. The predicted molar refractivity (Wildman–Crippen MR) is 102 cm³/mol. The number of aliphatic carboxylic acids is 1. The summed E-state index contributed by atoms with van der Waals surface area (Å²) in [6.45, 7) is -0.657. The Hall–Kier alpha value is -2.59. The second-order valence-corrected chi connectivity index (χ2v) is 8.71. The molecule has 3 heterocycles. The first-order chi connectivity index (χ1) is 13.4. The number of ether oxygens (including phenoxy) is 1. The second-order valence-electron chi connectivity index (χ2n) is 6.71. The van der Waals surface area contributed by atoms with Crippen LogP contribution in [0.15, 0.2) is 34.1 Å². The lowest BCUT2D eigenvalue weighted by Gasteiger charge is -2.38. The van der Waals surface area contributed by atoms with Gasteiger partial charge in [-0.1, -0.05) is 23.5 Å². The van der Waals surface area contributed by atoms with Gasteiger partial charge in [0.1, 0.15) is 12.3 Å². The summed E-state index contributed by atoms with van der Waals surface area (Å²) in [6, 6.07) is 7.14. The number of nitrogens with one attached hydrogen (secondary N) is 1. The fourth-order valence-corrected chi connectivity index (χ4v) is 6.44. The number of carboxylic acid groups (broad SMARTS) is 1. The van der Waals surface area contributed by atoms with E-state index in [9.17, 15) is 19.2 Å². The number of carbonyl (C=O) groups excluding carboxylic acids is 2. The zero-order valence-electron chi connectivity index (χ0n) is 14.8. The Kier molecular flexibility index (Phi) is 4.54. The minimum atomic E-state index is -1.24. The summed E-state index contributed by atoms with van der Waals surface area (Å²) in [6.07, 6.45) is -0.0889. The maximum absolute atomic E-state index is 13.3. The third-order valence-electron chi connectivity index (χ3n) is 5.11. The Bertz CT molecular complexity index is 1030. The van der Waals surface area contributed by atoms with Crippen LogP contribution in [0.25, 0.3) is 0 Å². The van der Waals surface area contributed by atoms with Gasteiger partial charge in [0.2, 0.25) is 11.8 Å². The number of thiazole rings is 1. The van der Waals surface area contributed by atoms with Crippen LogP contribution in [0.3, 0.4) is 0 Å². The molecule has 2 N–H and O–H groups in total. The van der Waals surface area contributed by atoms with E-state index >= 15 is 0 Å². The molecule has 0 aliphatic carbocycles. The Labute approximate surface area is 167 Å². The number of methoxy groups -OCH3 is 1. The third-order valence-corrected chi connectivity index (χ3v) is 7.46. The number of aromatic nitrogens is 1. The van der Waals surface area contributed by atoms with E-state index in [0.29, 0.717) is 15.7 Å². The van der Waals surface area contributed by atoms with E-state index in [2.05, 4.69) is 4.98 Å². The summed E-state index contributed by atoms with van der Waals surface area (Å²) in [4.78, 5) is 53.0. The first-order valence-electron chi connectivity index (χ1n) is 8.42. The van der Waals surface area contributed by atoms with Gasteiger partial charge in [-0.05, 0) is 17.7 Å². The van der Waals surface area contributed by atoms with Crippen LogP contribution in [0, 0.1) is 5.41 Å². The molecule has 4 rings (SSSR count). The molecule has 2 unspecified atom stereocenters. The lowest BCUT2D eigenvalue weighted by Crippen LogP contribution is -2.44. The highest BCUT2D eigenvalue weighted by Crippen LogP contribution is 2.56. The van der Waals surface area contributed by atoms with E-state index in [4.69, 9.17) is 9.84 Å². The molecule has 2 atom stereocenters. The van der Waals surface area contributed by atoms with Crippen molar-refractivity contribution in [1.29, 1.82) is 0 Å². The lowest BCUT2D eigenvalue weighted by molar-refractivity contribution is -0.150. The van der Waals surface area contributed by atoms with Crippen LogP contribution in [-0.2, 0) is 14.4 Å². The van der Waals surface area contributed by atoms with Crippen molar-refractivity contribution in [2.24, 2.45) is 5.41 Å². The van der Waals surface area contributed by atoms with Crippen molar-refractivity contribution in [3.05, 3.63) is 44.4 Å². The van der Waals surface area contributed by atoms with E-state index in [1.807, 2.05) is 12.1 Å². The number of amides is 2. The maximum Gasteiger partial charge on any atom is 0.323 e. The molecule has 2 aliphatic heterocycles. The van der Waals surface area contributed by atoms with Crippen LogP contribution in [-0.4, -0.2) is 52.2 Å². The van der Waals surface area contributed by atoms with Crippen LogP contribution < -0.4 is 9.61 Å². The molecule has 0 bridgehead atoms. The summed E-state index contributed by atoms with van der Waals surface area (Å²) in [5, 5.41) is 9.78. The van der Waals surface area contributed by atoms with Gasteiger partial charge in [-0.15, -0.1) is 11.8 Å². The van der Waals surface area contributed by atoms with Gasteiger partial charge in [-0.25, -0.2) is 0 Å². The number of fused-ring (bicyclic) bond motifs is 1. The zero-order chi connectivity index (χ0) is 20.1. The average molecular weight is 420 g/mol. The highest BCUT2D eigenvalue weighted by molar-refractivity contribution is 7.99. The van der Waals surface area contributed by atoms with Crippen molar-refractivity contribution in [2.75, 3.05) is 19.4 Å². The number of thioether (sulfide) groups is 1. The van der Waals surface area contributed by atoms with Crippen molar-refractivity contribution in [3.63, 3.8) is 0 Å². The molecule has 2 aromatic rings. The summed E-state index contributed by atoms with van der Waals surface area (Å²) in [7, 11) is 1.55. The third kappa shape index (κ3) is 2.83. The Balaban J connectivity index is 1.86. The number of hydrogen-bond donors (Lipinski definition) is 2. The van der Waals surface area contributed by atoms with Crippen molar-refractivity contribution in [2.45, 2.75) is 17.4 Å². The molecule has 10 heteroatoms. The molecule has 1 fully saturated rings. The summed E-state index contributed by atoms with van der Waals surface area (Å²) < 4.78 is 5.19. The number of H-pyrrole nitrogens is 1. The molecule has 2 amide bonds. The average Bonchev–Trinajstić information content (AvgIpc) is 3.14. The molecule has 1 spiro atoms. The van der Waals surface area contributed by atoms with E-state index in [1.54, 1.807) is 19.2 Å². The van der Waals surface area contributed by atoms with Crippen molar-refractivity contribution in [1.82, 2.24) is 9.88 Å². The molecule has 28 heavy (non-hydrogen) atoms. The number of carboxylic acids is 1. The maximum atomic E-state index is 13.3. The normalized spacial score (nSPS) is 23.9. The fourth-order valence-electron chi connectivity index (χ4n) is 3.88. The Morgan fingerprint density at radius 2 is 2.04 bits per heavy atom. The number of nitrogens with zero attached hydrogens (tertiary/aromatic N) is 1. The minimum absolute atomic E-state index is 0.0889. The van der Waals surface area contributed by atoms with Crippen LogP contribution in [0.4, 0.5) is 0 Å². The van der Waals surface area contributed by atoms with Gasteiger partial charge >= 0.3 is 10.8 Å². The van der Waals surface area contributed by atoms with Gasteiger partial charge in [-0.3, -0.25) is 24.1 Å². The molecule has 1 aromatic carbocycles. The molecule has 0 saturated carbocycles. The molecule has 2 aliphatic rings. The van der Waals surface area contributed by atoms with Crippen LogP contribution in [0.5, 0.6) is 5.75 Å². The number of carbonyl (C=O) groups is 3. The molecular formula is C18H16N2O6S2. The van der Waals surface area contributed by atoms with E-state index in [1.165, 1.54) is 11.8 Å². The van der Waals surface area contributed by atoms with Crippen LogP contribution >= 0.6 is 23.1 Å². The van der Waals surface area contributed by atoms with Crippen molar-refractivity contribution >= 4 is 40.9 Å². The number of likely N-dealkylation sites (tertiary alicyclic amines) is 1. The summed E-state index contributed by atoms with van der Waals surface area (Å²) in [5.74, 6) is -1.84. The van der Waals surface area contributed by atoms with Crippen LogP contribution in [0.2, 0.25) is 0 Å². The predicted octanol–water partition coefficient (Wildman–Crippen LogP) is 1.51. The Morgan fingerprint density at radius 1 is 1.32 bits per heavy atom. The second kappa shape index (κ2) is 6.78. The molecular weight excluding hydrogens is 404 g/mol. The van der Waals surface area contributed by atoms with Crippen molar-refractivity contribution < 1.29 is 24.2 Å². The standard InChI is InChI=1S/C18H16N2O6S2/c1-26-10-4-2-9(3-5-10)13-14-15(19-17(25)28-14)27-8-18(13)6-11(21)20(16(18)24)7-12(22)23/h2-5,13H,6-8H2,1H3,(H,19,25)(H,22,23). The topological polar surface area (TPSA) is 117 Å². The van der Waals surface area contributed by atoms with Crippen LogP contribution in [0.1, 0.15) is 22.8 Å². The van der Waals surface area contributed by atoms with Gasteiger partial charge in [-0.2, -0.15) is 0 Å². The van der Waals surface area contributed by atoms with E-state index < -0.39 is 35.7 Å². The van der Waals surface area contributed by atoms with Gasteiger partial charge in [0.15, 0.2) is 0 Å². The van der Waals surface area contributed by atoms with Gasteiger partial charge < -0.3 is 14.8 Å². The SMILES string of the molecule is COc1ccc(C2c3sc(=O)[nH]c3SCC23CC(=O)N(CC(=O)O)C3=O)cc1. The largest absolute Gasteiger partial charge is 0.497 e. The molecule has 1 saturated heterocycles. The number of aromatic amines is 1. The summed E-state index contributed by atoms with van der Waals surface area (Å²) >= 11 is 2.34. The first-order valence-corrected chi connectivity index (χ1v) is 10.2. The number of hydrogen-bond acceptors (Lipinski definition) is 7. The molecule has 1 aromatic heterocycles. The van der Waals surface area contributed by atoms with Gasteiger partial charge in [0.05, 0.1) is 17.6 Å². The number of benzene rings is 1. The highest BCUT2D eigenvalue weighted by atomic mass is 32.2. The Morgan fingerprint density at radius 3 is 2.68 bits per heavy atom. The smallest absolute Gasteiger partial charge is 0.323 e. The monoisotopic (exact) mass is 420 g/mol. The minimum Gasteiger partial charge on any atom is -0.497 e. The van der Waals surface area contributed by atoms with Crippen molar-refractivity contribution in [3.8, 4) is 5.75 Å². The van der Waals surface area contributed by atoms with Gasteiger partial charge in [0, 0.05) is 23.0 Å².